The molecular weight excluding hydrogens is 204 g/mol. The van der Waals surface area contributed by atoms with Crippen LogP contribution in [0.3, 0.4) is 0 Å². The number of imide groups is 1. The van der Waals surface area contributed by atoms with Gasteiger partial charge in [-0.1, -0.05) is 11.6 Å². The fourth-order valence-corrected chi connectivity index (χ4v) is 3.30. The van der Waals surface area contributed by atoms with E-state index in [1.165, 1.54) is 10.5 Å². The van der Waals surface area contributed by atoms with Gasteiger partial charge in [0.25, 0.3) is 0 Å². The van der Waals surface area contributed by atoms with E-state index in [1.54, 1.807) is 7.05 Å². The Morgan fingerprint density at radius 3 is 2.81 bits per heavy atom. The largest absolute Gasteiger partial charge is 0.295 e. The second-order valence-electron chi connectivity index (χ2n) is 5.14. The molecule has 0 saturated carbocycles. The van der Waals surface area contributed by atoms with Gasteiger partial charge in [-0.15, -0.1) is 0 Å². The number of fused-ring (bicyclic) bond motifs is 3. The normalized spacial score (nSPS) is 38.8. The molecule has 0 spiro atoms. The van der Waals surface area contributed by atoms with Crippen LogP contribution in [0.1, 0.15) is 13.3 Å². The Kier molecular flexibility index (Phi) is 1.98. The molecule has 0 aliphatic carbocycles. The minimum atomic E-state index is -0.0823. The summed E-state index contributed by atoms with van der Waals surface area (Å²) in [6.45, 7) is 3.76. The standard InChI is InChI=1S/C12H16N2O2/c1-7-3-4-14-6-8-10(9(14)5-7)12(16)13(2)11(8)15/h3,8-10H,4-6H2,1-2H3/t8-,9-,10-/m1/s1. The van der Waals surface area contributed by atoms with E-state index in [9.17, 15) is 9.59 Å². The van der Waals surface area contributed by atoms with E-state index in [2.05, 4.69) is 17.9 Å². The molecule has 2 amide bonds. The SMILES string of the molecule is CC1=CCN2C[C@H]3C(=O)N(C)C(=O)[C@H]3[C@H]2C1. The lowest BCUT2D eigenvalue weighted by atomic mass is 9.88. The molecule has 3 atom stereocenters. The van der Waals surface area contributed by atoms with E-state index in [4.69, 9.17) is 0 Å². The monoisotopic (exact) mass is 220 g/mol. The Hall–Kier alpha value is -1.16. The van der Waals surface area contributed by atoms with Crippen LogP contribution in [0.15, 0.2) is 11.6 Å². The topological polar surface area (TPSA) is 40.6 Å². The summed E-state index contributed by atoms with van der Waals surface area (Å²) >= 11 is 0. The highest BCUT2D eigenvalue weighted by molar-refractivity contribution is 6.05. The Bertz CT molecular complexity index is 402. The maximum Gasteiger partial charge on any atom is 0.234 e. The second kappa shape index (κ2) is 3.17. The van der Waals surface area contributed by atoms with Crippen LogP contribution in [0, 0.1) is 11.8 Å². The molecule has 0 aromatic carbocycles. The van der Waals surface area contributed by atoms with Crippen molar-refractivity contribution in [1.29, 1.82) is 0 Å². The molecule has 3 rings (SSSR count). The van der Waals surface area contributed by atoms with E-state index in [-0.39, 0.29) is 29.7 Å². The van der Waals surface area contributed by atoms with Crippen LogP contribution < -0.4 is 0 Å². The number of rotatable bonds is 0. The highest BCUT2D eigenvalue weighted by Crippen LogP contribution is 2.41. The van der Waals surface area contributed by atoms with Gasteiger partial charge < -0.3 is 0 Å². The number of hydrogen-bond donors (Lipinski definition) is 0. The summed E-state index contributed by atoms with van der Waals surface area (Å²) in [5, 5.41) is 0. The fraction of sp³-hybridized carbons (Fsp3) is 0.667. The van der Waals surface area contributed by atoms with Gasteiger partial charge in [0, 0.05) is 26.2 Å². The molecule has 0 unspecified atom stereocenters. The predicted molar refractivity (Wildman–Crippen MR) is 58.5 cm³/mol. The first-order valence-electron chi connectivity index (χ1n) is 5.80. The summed E-state index contributed by atoms with van der Waals surface area (Å²) in [6, 6.07) is 0.261. The molecule has 2 fully saturated rings. The third-order valence-corrected chi connectivity index (χ3v) is 4.22. The highest BCUT2D eigenvalue weighted by Gasteiger charge is 2.56. The molecule has 3 heterocycles. The summed E-state index contributed by atoms with van der Waals surface area (Å²) in [5.41, 5.74) is 1.34. The van der Waals surface area contributed by atoms with Gasteiger partial charge in [-0.3, -0.25) is 19.4 Å². The van der Waals surface area contributed by atoms with Gasteiger partial charge in [-0.25, -0.2) is 0 Å². The molecular formula is C12H16N2O2. The molecule has 4 heteroatoms. The molecule has 3 aliphatic heterocycles. The first-order chi connectivity index (χ1) is 7.59. The lowest BCUT2D eigenvalue weighted by Crippen LogP contribution is -2.41. The van der Waals surface area contributed by atoms with E-state index >= 15 is 0 Å². The third kappa shape index (κ3) is 1.13. The molecule has 2 saturated heterocycles. The van der Waals surface area contributed by atoms with Gasteiger partial charge in [0.15, 0.2) is 0 Å². The van der Waals surface area contributed by atoms with Crippen LogP contribution in [-0.2, 0) is 9.59 Å². The molecule has 16 heavy (non-hydrogen) atoms. The zero-order valence-corrected chi connectivity index (χ0v) is 9.64. The van der Waals surface area contributed by atoms with Crippen LogP contribution >= 0.6 is 0 Å². The predicted octanol–water partition coefficient (Wildman–Crippen LogP) is 0.252. The maximum absolute atomic E-state index is 12.0. The minimum absolute atomic E-state index is 0.0158. The molecule has 0 N–H and O–H groups in total. The summed E-state index contributed by atoms with van der Waals surface area (Å²) < 4.78 is 0. The quantitative estimate of drug-likeness (QED) is 0.434. The number of carbonyl (C=O) groups excluding carboxylic acids is 2. The Morgan fingerprint density at radius 2 is 2.06 bits per heavy atom. The van der Waals surface area contributed by atoms with Crippen LogP contribution in [0.5, 0.6) is 0 Å². The highest BCUT2D eigenvalue weighted by atomic mass is 16.2. The number of hydrogen-bond acceptors (Lipinski definition) is 3. The van der Waals surface area contributed by atoms with Crippen molar-refractivity contribution < 1.29 is 9.59 Å². The van der Waals surface area contributed by atoms with Crippen molar-refractivity contribution in [3.05, 3.63) is 11.6 Å². The van der Waals surface area contributed by atoms with Crippen molar-refractivity contribution in [3.8, 4) is 0 Å². The Labute approximate surface area is 94.9 Å². The van der Waals surface area contributed by atoms with Crippen molar-refractivity contribution in [2.24, 2.45) is 11.8 Å². The summed E-state index contributed by atoms with van der Waals surface area (Å²) in [6.07, 6.45) is 3.14. The molecule has 0 aromatic rings. The Morgan fingerprint density at radius 1 is 1.31 bits per heavy atom. The number of nitrogens with zero attached hydrogens (tertiary/aromatic N) is 2. The summed E-state index contributed by atoms with van der Waals surface area (Å²) in [7, 11) is 1.61. The van der Waals surface area contributed by atoms with Gasteiger partial charge in [0.05, 0.1) is 11.8 Å². The maximum atomic E-state index is 12.0. The molecule has 0 bridgehead atoms. The lowest BCUT2D eigenvalue weighted by molar-refractivity contribution is -0.139. The van der Waals surface area contributed by atoms with E-state index in [1.807, 2.05) is 0 Å². The van der Waals surface area contributed by atoms with E-state index in [0.29, 0.717) is 0 Å². The molecule has 4 nitrogen and oxygen atoms in total. The number of likely N-dealkylation sites (tertiary alicyclic amines) is 1. The van der Waals surface area contributed by atoms with Crippen molar-refractivity contribution in [2.45, 2.75) is 19.4 Å². The van der Waals surface area contributed by atoms with Crippen molar-refractivity contribution in [3.63, 3.8) is 0 Å². The molecule has 86 valence electrons. The summed E-state index contributed by atoms with van der Waals surface area (Å²) in [4.78, 5) is 27.5. The van der Waals surface area contributed by atoms with Gasteiger partial charge in [-0.05, 0) is 13.3 Å². The third-order valence-electron chi connectivity index (χ3n) is 4.22. The van der Waals surface area contributed by atoms with Crippen LogP contribution in [0.25, 0.3) is 0 Å². The van der Waals surface area contributed by atoms with Crippen LogP contribution in [-0.4, -0.2) is 47.8 Å². The average Bonchev–Trinajstić information content (AvgIpc) is 2.72. The van der Waals surface area contributed by atoms with Gasteiger partial charge in [-0.2, -0.15) is 0 Å². The van der Waals surface area contributed by atoms with Crippen LogP contribution in [0.2, 0.25) is 0 Å². The van der Waals surface area contributed by atoms with Crippen molar-refractivity contribution in [1.82, 2.24) is 9.80 Å². The molecule has 3 aliphatic rings. The van der Waals surface area contributed by atoms with E-state index < -0.39 is 0 Å². The summed E-state index contributed by atoms with van der Waals surface area (Å²) in [5.74, 6) is -0.123. The minimum Gasteiger partial charge on any atom is -0.295 e. The first-order valence-corrected chi connectivity index (χ1v) is 5.80. The lowest BCUT2D eigenvalue weighted by Gasteiger charge is -2.30. The zero-order valence-electron chi connectivity index (χ0n) is 9.64. The molecule has 0 radical (unpaired) electrons. The van der Waals surface area contributed by atoms with E-state index in [0.717, 1.165) is 19.5 Å². The first kappa shape index (κ1) is 10.0. The second-order valence-corrected chi connectivity index (χ2v) is 5.14. The average molecular weight is 220 g/mol. The van der Waals surface area contributed by atoms with Crippen LogP contribution in [0.4, 0.5) is 0 Å². The van der Waals surface area contributed by atoms with Gasteiger partial charge >= 0.3 is 0 Å². The number of carbonyl (C=O) groups is 2. The fourth-order valence-electron chi connectivity index (χ4n) is 3.30. The number of amides is 2. The van der Waals surface area contributed by atoms with Gasteiger partial charge in [0.1, 0.15) is 0 Å². The van der Waals surface area contributed by atoms with Crippen molar-refractivity contribution >= 4 is 11.8 Å². The van der Waals surface area contributed by atoms with Crippen molar-refractivity contribution in [2.75, 3.05) is 20.1 Å². The Balaban J connectivity index is 1.93. The van der Waals surface area contributed by atoms with Gasteiger partial charge in [0.2, 0.25) is 11.8 Å². The smallest absolute Gasteiger partial charge is 0.234 e. The zero-order chi connectivity index (χ0) is 11.4. The molecule has 0 aromatic heterocycles.